The largest absolute Gasteiger partial charge is 0.477 e. The van der Waals surface area contributed by atoms with Gasteiger partial charge in [-0.2, -0.15) is 5.10 Å². The lowest BCUT2D eigenvalue weighted by atomic mass is 10.1. The van der Waals surface area contributed by atoms with Crippen molar-refractivity contribution in [2.24, 2.45) is 0 Å². The summed E-state index contributed by atoms with van der Waals surface area (Å²) in [7, 11) is 0. The molecule has 0 aliphatic heterocycles. The van der Waals surface area contributed by atoms with Crippen molar-refractivity contribution in [3.05, 3.63) is 41.7 Å². The van der Waals surface area contributed by atoms with E-state index in [1.807, 2.05) is 19.1 Å². The summed E-state index contributed by atoms with van der Waals surface area (Å²) in [5.74, 6) is -0.956. The highest BCUT2D eigenvalue weighted by Gasteiger charge is 2.09. The molecule has 3 rings (SSSR count). The molecule has 0 fully saturated rings. The van der Waals surface area contributed by atoms with E-state index in [1.54, 1.807) is 18.3 Å². The molecule has 0 unspecified atom stereocenters. The Morgan fingerprint density at radius 3 is 2.89 bits per heavy atom. The van der Waals surface area contributed by atoms with Crippen molar-refractivity contribution in [3.63, 3.8) is 0 Å². The summed E-state index contributed by atoms with van der Waals surface area (Å²) in [5, 5.41) is 16.8. The van der Waals surface area contributed by atoms with E-state index in [0.29, 0.717) is 0 Å². The van der Waals surface area contributed by atoms with E-state index in [1.165, 1.54) is 0 Å². The SMILES string of the molecule is Cc1cc(-c2ccc(C(=O)O)[nH]2)cc2cn[nH]c12. The zero-order valence-corrected chi connectivity index (χ0v) is 9.69. The Labute approximate surface area is 102 Å². The van der Waals surface area contributed by atoms with Crippen molar-refractivity contribution in [1.82, 2.24) is 15.2 Å². The Morgan fingerprint density at radius 2 is 2.17 bits per heavy atom. The number of hydrogen-bond donors (Lipinski definition) is 3. The maximum Gasteiger partial charge on any atom is 0.352 e. The zero-order chi connectivity index (χ0) is 12.7. The van der Waals surface area contributed by atoms with Crippen LogP contribution in [-0.4, -0.2) is 26.3 Å². The number of H-pyrrole nitrogens is 2. The molecule has 2 aromatic heterocycles. The van der Waals surface area contributed by atoms with Crippen molar-refractivity contribution in [1.29, 1.82) is 0 Å². The smallest absolute Gasteiger partial charge is 0.352 e. The van der Waals surface area contributed by atoms with Gasteiger partial charge in [0.25, 0.3) is 0 Å². The van der Waals surface area contributed by atoms with Crippen LogP contribution in [0.5, 0.6) is 0 Å². The molecule has 0 saturated carbocycles. The van der Waals surface area contributed by atoms with Gasteiger partial charge in [-0.3, -0.25) is 5.10 Å². The summed E-state index contributed by atoms with van der Waals surface area (Å²) in [6.45, 7) is 1.99. The van der Waals surface area contributed by atoms with Crippen molar-refractivity contribution < 1.29 is 9.90 Å². The second kappa shape index (κ2) is 3.73. The minimum Gasteiger partial charge on any atom is -0.477 e. The van der Waals surface area contributed by atoms with Gasteiger partial charge in [0, 0.05) is 11.1 Å². The first kappa shape index (κ1) is 10.6. The maximum atomic E-state index is 10.8. The molecule has 3 aromatic rings. The van der Waals surface area contributed by atoms with Crippen LogP contribution in [-0.2, 0) is 0 Å². The van der Waals surface area contributed by atoms with Crippen molar-refractivity contribution in [2.45, 2.75) is 6.92 Å². The summed E-state index contributed by atoms with van der Waals surface area (Å²) in [6.07, 6.45) is 1.76. The minimum absolute atomic E-state index is 0.190. The molecule has 5 heteroatoms. The van der Waals surface area contributed by atoms with Crippen LogP contribution in [0.3, 0.4) is 0 Å². The summed E-state index contributed by atoms with van der Waals surface area (Å²) >= 11 is 0. The molecule has 18 heavy (non-hydrogen) atoms. The average Bonchev–Trinajstić information content (AvgIpc) is 2.97. The molecular weight excluding hydrogens is 230 g/mol. The first-order valence-electron chi connectivity index (χ1n) is 5.51. The average molecular weight is 241 g/mol. The van der Waals surface area contributed by atoms with Crippen LogP contribution in [0.4, 0.5) is 0 Å². The molecule has 0 atom stereocenters. The molecule has 0 amide bonds. The van der Waals surface area contributed by atoms with Gasteiger partial charge in [0.2, 0.25) is 0 Å². The number of aromatic carboxylic acids is 1. The first-order chi connectivity index (χ1) is 8.65. The lowest BCUT2D eigenvalue weighted by Crippen LogP contribution is -1.95. The molecule has 0 aliphatic rings. The number of rotatable bonds is 2. The molecule has 1 aromatic carbocycles. The van der Waals surface area contributed by atoms with Crippen LogP contribution in [0.25, 0.3) is 22.2 Å². The molecule has 0 aliphatic carbocycles. The van der Waals surface area contributed by atoms with E-state index >= 15 is 0 Å². The Bertz CT molecular complexity index is 740. The number of aromatic amines is 2. The number of nitrogens with one attached hydrogen (secondary N) is 2. The molecule has 0 saturated heterocycles. The molecule has 0 radical (unpaired) electrons. The third-order valence-electron chi connectivity index (χ3n) is 2.97. The van der Waals surface area contributed by atoms with Crippen LogP contribution in [0.1, 0.15) is 16.1 Å². The van der Waals surface area contributed by atoms with Gasteiger partial charge < -0.3 is 10.1 Å². The summed E-state index contributed by atoms with van der Waals surface area (Å²) in [5.41, 5.74) is 4.01. The quantitative estimate of drug-likeness (QED) is 0.644. The van der Waals surface area contributed by atoms with Gasteiger partial charge in [0.05, 0.1) is 11.7 Å². The van der Waals surface area contributed by atoms with Gasteiger partial charge in [-0.25, -0.2) is 4.79 Å². The third-order valence-corrected chi connectivity index (χ3v) is 2.97. The number of carboxylic acid groups (broad SMARTS) is 1. The van der Waals surface area contributed by atoms with E-state index in [2.05, 4.69) is 15.2 Å². The van der Waals surface area contributed by atoms with Gasteiger partial charge in [-0.1, -0.05) is 0 Å². The summed E-state index contributed by atoms with van der Waals surface area (Å²) in [6, 6.07) is 7.30. The Hall–Kier alpha value is -2.56. The number of aryl methyl sites for hydroxylation is 1. The number of nitrogens with zero attached hydrogens (tertiary/aromatic N) is 1. The van der Waals surface area contributed by atoms with Gasteiger partial charge in [0.1, 0.15) is 5.69 Å². The lowest BCUT2D eigenvalue weighted by Gasteiger charge is -2.02. The number of carbonyl (C=O) groups is 1. The molecule has 90 valence electrons. The number of carboxylic acids is 1. The standard InChI is InChI=1S/C13H11N3O2/c1-7-4-8(5-9-6-14-16-12(7)9)10-2-3-11(15-10)13(17)18/h2-6,15H,1H3,(H,14,16)(H,17,18). The van der Waals surface area contributed by atoms with Crippen LogP contribution < -0.4 is 0 Å². The first-order valence-corrected chi connectivity index (χ1v) is 5.51. The maximum absolute atomic E-state index is 10.8. The zero-order valence-electron chi connectivity index (χ0n) is 9.69. The molecule has 5 nitrogen and oxygen atoms in total. The minimum atomic E-state index is -0.956. The third kappa shape index (κ3) is 1.57. The highest BCUT2D eigenvalue weighted by molar-refractivity contribution is 5.89. The van der Waals surface area contributed by atoms with E-state index in [0.717, 1.165) is 27.7 Å². The van der Waals surface area contributed by atoms with Crippen molar-refractivity contribution >= 4 is 16.9 Å². The molecule has 2 heterocycles. The fourth-order valence-corrected chi connectivity index (χ4v) is 2.08. The Balaban J connectivity index is 2.15. The highest BCUT2D eigenvalue weighted by atomic mass is 16.4. The van der Waals surface area contributed by atoms with Crippen molar-refractivity contribution in [3.8, 4) is 11.3 Å². The monoisotopic (exact) mass is 241 g/mol. The summed E-state index contributed by atoms with van der Waals surface area (Å²) < 4.78 is 0. The van der Waals surface area contributed by atoms with Crippen molar-refractivity contribution in [2.75, 3.05) is 0 Å². The Kier molecular flexibility index (Phi) is 2.19. The van der Waals surface area contributed by atoms with Gasteiger partial charge >= 0.3 is 5.97 Å². The number of aromatic nitrogens is 3. The fraction of sp³-hybridized carbons (Fsp3) is 0.0769. The number of benzene rings is 1. The van der Waals surface area contributed by atoms with Gasteiger partial charge in [-0.15, -0.1) is 0 Å². The van der Waals surface area contributed by atoms with Crippen LogP contribution in [0.15, 0.2) is 30.5 Å². The van der Waals surface area contributed by atoms with Crippen LogP contribution in [0, 0.1) is 6.92 Å². The highest BCUT2D eigenvalue weighted by Crippen LogP contribution is 2.25. The van der Waals surface area contributed by atoms with Crippen LogP contribution in [0.2, 0.25) is 0 Å². The summed E-state index contributed by atoms with van der Waals surface area (Å²) in [4.78, 5) is 13.7. The normalized spacial score (nSPS) is 10.9. The predicted octanol–water partition coefficient (Wildman–Crippen LogP) is 2.56. The topological polar surface area (TPSA) is 81.8 Å². The van der Waals surface area contributed by atoms with Crippen LogP contribution >= 0.6 is 0 Å². The number of hydrogen-bond acceptors (Lipinski definition) is 2. The van der Waals surface area contributed by atoms with Gasteiger partial charge in [-0.05, 0) is 42.3 Å². The predicted molar refractivity (Wildman–Crippen MR) is 67.6 cm³/mol. The van der Waals surface area contributed by atoms with E-state index in [4.69, 9.17) is 5.11 Å². The van der Waals surface area contributed by atoms with E-state index in [-0.39, 0.29) is 5.69 Å². The Morgan fingerprint density at radius 1 is 1.33 bits per heavy atom. The molecule has 0 bridgehead atoms. The second-order valence-corrected chi connectivity index (χ2v) is 4.22. The van der Waals surface area contributed by atoms with E-state index < -0.39 is 5.97 Å². The number of fused-ring (bicyclic) bond motifs is 1. The molecular formula is C13H11N3O2. The molecule has 3 N–H and O–H groups in total. The second-order valence-electron chi connectivity index (χ2n) is 4.22. The van der Waals surface area contributed by atoms with Gasteiger partial charge in [0.15, 0.2) is 0 Å². The lowest BCUT2D eigenvalue weighted by molar-refractivity contribution is 0.0691. The molecule has 0 spiro atoms. The van der Waals surface area contributed by atoms with E-state index in [9.17, 15) is 4.79 Å². The fourth-order valence-electron chi connectivity index (χ4n) is 2.08.